The van der Waals surface area contributed by atoms with Crippen molar-refractivity contribution in [2.24, 2.45) is 0 Å². The van der Waals surface area contributed by atoms with Gasteiger partial charge in [0.1, 0.15) is 0 Å². The highest BCUT2D eigenvalue weighted by molar-refractivity contribution is 7.91. The Bertz CT molecular complexity index is 1110. The van der Waals surface area contributed by atoms with Gasteiger partial charge in [0.05, 0.1) is 39.2 Å². The van der Waals surface area contributed by atoms with Gasteiger partial charge in [-0.2, -0.15) is 5.10 Å². The maximum atomic E-state index is 12.8. The lowest BCUT2D eigenvalue weighted by Gasteiger charge is -2.33. The van der Waals surface area contributed by atoms with Gasteiger partial charge in [0.25, 0.3) is 5.91 Å². The summed E-state index contributed by atoms with van der Waals surface area (Å²) in [6, 6.07) is 6.12. The van der Waals surface area contributed by atoms with Crippen LogP contribution < -0.4 is 0 Å². The second kappa shape index (κ2) is 9.62. The summed E-state index contributed by atoms with van der Waals surface area (Å²) < 4.78 is 30.7. The molecule has 0 bridgehead atoms. The number of hydrogen-bond acceptors (Lipinski definition) is 6. The lowest BCUT2D eigenvalue weighted by atomic mass is 10.1. The lowest BCUT2D eigenvalue weighted by Crippen LogP contribution is -2.48. The summed E-state index contributed by atoms with van der Waals surface area (Å²) in [5.41, 5.74) is 2.56. The largest absolute Gasteiger partial charge is 0.452 e. The first-order valence-electron chi connectivity index (χ1n) is 10.5. The summed E-state index contributed by atoms with van der Waals surface area (Å²) in [4.78, 5) is 26.9. The van der Waals surface area contributed by atoms with Crippen LogP contribution in [-0.2, 0) is 19.4 Å². The zero-order chi connectivity index (χ0) is 23.6. The topological polar surface area (TPSA) is 98.6 Å². The Morgan fingerprint density at radius 3 is 2.44 bits per heavy atom. The minimum atomic E-state index is -3.14. The molecule has 32 heavy (non-hydrogen) atoms. The molecule has 1 aliphatic heterocycles. The molecular weight excluding hydrogens is 454 g/mol. The maximum Gasteiger partial charge on any atom is 0.338 e. The predicted molar refractivity (Wildman–Crippen MR) is 122 cm³/mol. The highest BCUT2D eigenvalue weighted by Gasteiger charge is 2.36. The third-order valence-corrected chi connectivity index (χ3v) is 8.13. The van der Waals surface area contributed by atoms with Crippen LogP contribution in [0.15, 0.2) is 24.3 Å². The van der Waals surface area contributed by atoms with Crippen LogP contribution in [0.5, 0.6) is 0 Å². The molecule has 8 nitrogen and oxygen atoms in total. The van der Waals surface area contributed by atoms with Gasteiger partial charge in [0.2, 0.25) is 0 Å². The standard InChI is InChI=1S/C22H28ClN3O5S/c1-5-14(2)25(19-10-11-32(29,30)13-19)20(27)12-31-22(28)17-6-8-18(9-7-17)26-16(4)21(23)15(3)24-26/h6-9,14,19H,5,10-13H2,1-4H3. The lowest BCUT2D eigenvalue weighted by molar-refractivity contribution is -0.138. The number of sulfone groups is 1. The average molecular weight is 482 g/mol. The molecule has 1 amide bonds. The molecule has 2 aromatic rings. The number of carbonyl (C=O) groups is 2. The zero-order valence-electron chi connectivity index (χ0n) is 18.7. The molecule has 1 aromatic carbocycles. The molecule has 1 aliphatic rings. The molecule has 2 unspecified atom stereocenters. The van der Waals surface area contributed by atoms with Crippen molar-refractivity contribution in [3.05, 3.63) is 46.2 Å². The van der Waals surface area contributed by atoms with Crippen molar-refractivity contribution in [1.82, 2.24) is 14.7 Å². The fourth-order valence-corrected chi connectivity index (χ4v) is 5.73. The molecule has 3 rings (SSSR count). The van der Waals surface area contributed by atoms with Crippen LogP contribution in [0.25, 0.3) is 5.69 Å². The number of benzene rings is 1. The Balaban J connectivity index is 1.66. The highest BCUT2D eigenvalue weighted by atomic mass is 35.5. The number of ether oxygens (including phenoxy) is 1. The van der Waals surface area contributed by atoms with E-state index >= 15 is 0 Å². The Morgan fingerprint density at radius 1 is 1.28 bits per heavy atom. The van der Waals surface area contributed by atoms with Crippen LogP contribution in [0.3, 0.4) is 0 Å². The number of aromatic nitrogens is 2. The number of hydrogen-bond donors (Lipinski definition) is 0. The predicted octanol–water partition coefficient (Wildman–Crippen LogP) is 3.11. The quantitative estimate of drug-likeness (QED) is 0.563. The van der Waals surface area contributed by atoms with Crippen molar-refractivity contribution in [2.75, 3.05) is 18.1 Å². The van der Waals surface area contributed by atoms with Gasteiger partial charge < -0.3 is 9.64 Å². The van der Waals surface area contributed by atoms with Gasteiger partial charge in [-0.3, -0.25) is 4.79 Å². The molecule has 1 saturated heterocycles. The first kappa shape index (κ1) is 24.3. The molecule has 0 saturated carbocycles. The van der Waals surface area contributed by atoms with Gasteiger partial charge in [0, 0.05) is 12.1 Å². The van der Waals surface area contributed by atoms with Crippen molar-refractivity contribution in [3.8, 4) is 5.69 Å². The number of rotatable bonds is 7. The summed E-state index contributed by atoms with van der Waals surface area (Å²) in [5, 5.41) is 4.97. The molecule has 0 N–H and O–H groups in total. The number of carbonyl (C=O) groups excluding carboxylic acids is 2. The van der Waals surface area contributed by atoms with Crippen LogP contribution in [0, 0.1) is 13.8 Å². The Hall–Kier alpha value is -2.39. The molecule has 174 valence electrons. The molecule has 2 atom stereocenters. The van der Waals surface area contributed by atoms with Gasteiger partial charge >= 0.3 is 5.97 Å². The second-order valence-electron chi connectivity index (χ2n) is 8.13. The van der Waals surface area contributed by atoms with E-state index < -0.39 is 22.4 Å². The van der Waals surface area contributed by atoms with Crippen LogP contribution in [0.2, 0.25) is 5.02 Å². The second-order valence-corrected chi connectivity index (χ2v) is 10.7. The number of halogens is 1. The SMILES string of the molecule is CCC(C)N(C(=O)COC(=O)c1ccc(-n2nc(C)c(Cl)c2C)cc1)C1CCS(=O)(=O)C1. The van der Waals surface area contributed by atoms with E-state index in [2.05, 4.69) is 5.10 Å². The van der Waals surface area contributed by atoms with E-state index in [4.69, 9.17) is 16.3 Å². The Labute approximate surface area is 193 Å². The van der Waals surface area contributed by atoms with Gasteiger partial charge in [0.15, 0.2) is 16.4 Å². The fraction of sp³-hybridized carbons (Fsp3) is 0.500. The van der Waals surface area contributed by atoms with E-state index in [0.717, 1.165) is 11.4 Å². The van der Waals surface area contributed by atoms with E-state index in [9.17, 15) is 18.0 Å². The highest BCUT2D eigenvalue weighted by Crippen LogP contribution is 2.23. The fourth-order valence-electron chi connectivity index (χ4n) is 3.90. The number of amides is 1. The molecule has 1 fully saturated rings. The van der Waals surface area contributed by atoms with E-state index in [1.807, 2.05) is 27.7 Å². The van der Waals surface area contributed by atoms with Gasteiger partial charge in [-0.05, 0) is 57.9 Å². The van der Waals surface area contributed by atoms with E-state index in [1.54, 1.807) is 33.8 Å². The van der Waals surface area contributed by atoms with Crippen molar-refractivity contribution in [3.63, 3.8) is 0 Å². The van der Waals surface area contributed by atoms with Crippen molar-refractivity contribution >= 4 is 33.3 Å². The number of nitrogens with zero attached hydrogens (tertiary/aromatic N) is 3. The minimum absolute atomic E-state index is 0.0468. The Morgan fingerprint density at radius 2 is 1.94 bits per heavy atom. The maximum absolute atomic E-state index is 12.8. The molecule has 0 aliphatic carbocycles. The molecule has 2 heterocycles. The summed E-state index contributed by atoms with van der Waals surface area (Å²) in [5.74, 6) is -0.984. The molecule has 1 aromatic heterocycles. The van der Waals surface area contributed by atoms with E-state index in [-0.39, 0.29) is 29.5 Å². The smallest absolute Gasteiger partial charge is 0.338 e. The number of esters is 1. The van der Waals surface area contributed by atoms with Crippen molar-refractivity contribution in [2.45, 2.75) is 52.6 Å². The molecular formula is C22H28ClN3O5S. The summed E-state index contributed by atoms with van der Waals surface area (Å²) in [6.45, 7) is 7.04. The normalized spacial score (nSPS) is 18.3. The van der Waals surface area contributed by atoms with Crippen molar-refractivity contribution in [1.29, 1.82) is 0 Å². The van der Waals surface area contributed by atoms with Crippen LogP contribution in [0.4, 0.5) is 0 Å². The minimum Gasteiger partial charge on any atom is -0.452 e. The number of aryl methyl sites for hydroxylation is 1. The van der Waals surface area contributed by atoms with E-state index in [0.29, 0.717) is 29.1 Å². The van der Waals surface area contributed by atoms with Gasteiger partial charge in [-0.1, -0.05) is 18.5 Å². The van der Waals surface area contributed by atoms with Crippen LogP contribution in [0.1, 0.15) is 48.4 Å². The van der Waals surface area contributed by atoms with Crippen LogP contribution >= 0.6 is 11.6 Å². The molecule has 10 heteroatoms. The Kier molecular flexibility index (Phi) is 7.29. The summed E-state index contributed by atoms with van der Waals surface area (Å²) in [7, 11) is -3.14. The monoisotopic (exact) mass is 481 g/mol. The molecule has 0 spiro atoms. The average Bonchev–Trinajstić information content (AvgIpc) is 3.25. The summed E-state index contributed by atoms with van der Waals surface area (Å²) >= 11 is 6.19. The first-order chi connectivity index (χ1) is 15.0. The molecule has 0 radical (unpaired) electrons. The van der Waals surface area contributed by atoms with Crippen molar-refractivity contribution < 1.29 is 22.7 Å². The van der Waals surface area contributed by atoms with E-state index in [1.165, 1.54) is 0 Å². The van der Waals surface area contributed by atoms with Gasteiger partial charge in [-0.15, -0.1) is 0 Å². The zero-order valence-corrected chi connectivity index (χ0v) is 20.2. The van der Waals surface area contributed by atoms with Gasteiger partial charge in [-0.25, -0.2) is 17.9 Å². The first-order valence-corrected chi connectivity index (χ1v) is 12.7. The third-order valence-electron chi connectivity index (χ3n) is 5.83. The third kappa shape index (κ3) is 5.15. The summed E-state index contributed by atoms with van der Waals surface area (Å²) in [6.07, 6.45) is 1.08. The van der Waals surface area contributed by atoms with Crippen LogP contribution in [-0.4, -0.2) is 65.2 Å².